The van der Waals surface area contributed by atoms with Crippen molar-refractivity contribution >= 4 is 21.4 Å². The van der Waals surface area contributed by atoms with E-state index < -0.39 is 0 Å². The summed E-state index contributed by atoms with van der Waals surface area (Å²) in [5.74, 6) is 0. The predicted octanol–water partition coefficient (Wildman–Crippen LogP) is 3.32. The molecular weight excluding hydrogens is 152 g/mol. The molecule has 1 heterocycles. The van der Waals surface area contributed by atoms with E-state index in [0.717, 1.165) is 0 Å². The SMILES string of the molecule is Cc1[c]c2cccc(C)c2s1. The minimum absolute atomic E-state index is 1.26. The zero-order valence-electron chi connectivity index (χ0n) is 6.64. The number of fused-ring (bicyclic) bond motifs is 1. The third kappa shape index (κ3) is 1.05. The quantitative estimate of drug-likeness (QED) is 0.556. The molecule has 2 rings (SSSR count). The Morgan fingerprint density at radius 1 is 1.27 bits per heavy atom. The Hall–Kier alpha value is -0.820. The Balaban J connectivity index is 2.90. The van der Waals surface area contributed by atoms with E-state index in [9.17, 15) is 0 Å². The van der Waals surface area contributed by atoms with E-state index in [4.69, 9.17) is 0 Å². The second kappa shape index (κ2) is 2.35. The summed E-state index contributed by atoms with van der Waals surface area (Å²) in [7, 11) is 0. The largest absolute Gasteiger partial charge is 0.140 e. The molecule has 0 spiro atoms. The minimum Gasteiger partial charge on any atom is -0.140 e. The molecule has 0 atom stereocenters. The van der Waals surface area contributed by atoms with Gasteiger partial charge in [-0.2, -0.15) is 0 Å². The molecule has 55 valence electrons. The zero-order chi connectivity index (χ0) is 7.84. The predicted molar refractivity (Wildman–Crippen MR) is 50.1 cm³/mol. The average Bonchev–Trinajstić information content (AvgIpc) is 2.31. The summed E-state index contributed by atoms with van der Waals surface area (Å²) in [6.45, 7) is 4.25. The number of hydrogen-bond donors (Lipinski definition) is 0. The Morgan fingerprint density at radius 3 is 2.82 bits per heavy atom. The van der Waals surface area contributed by atoms with Crippen molar-refractivity contribution in [2.45, 2.75) is 13.8 Å². The molecule has 1 heteroatoms. The van der Waals surface area contributed by atoms with Gasteiger partial charge in [-0.3, -0.25) is 0 Å². The summed E-state index contributed by atoms with van der Waals surface area (Å²) in [5.41, 5.74) is 1.36. The molecule has 0 fully saturated rings. The first kappa shape index (κ1) is 6.86. The molecule has 0 nitrogen and oxygen atoms in total. The highest BCUT2D eigenvalue weighted by Gasteiger charge is 1.99. The van der Waals surface area contributed by atoms with Gasteiger partial charge >= 0.3 is 0 Å². The van der Waals surface area contributed by atoms with E-state index in [1.54, 1.807) is 0 Å². The number of thiophene rings is 1. The van der Waals surface area contributed by atoms with Gasteiger partial charge < -0.3 is 0 Å². The van der Waals surface area contributed by atoms with Gasteiger partial charge in [0, 0.05) is 21.0 Å². The molecule has 1 aromatic carbocycles. The molecule has 0 aliphatic carbocycles. The first-order valence-corrected chi connectivity index (χ1v) is 4.47. The van der Waals surface area contributed by atoms with E-state index >= 15 is 0 Å². The molecule has 1 aromatic heterocycles. The maximum Gasteiger partial charge on any atom is 0.0381 e. The first-order chi connectivity index (χ1) is 5.27. The van der Waals surface area contributed by atoms with Gasteiger partial charge in [-0.1, -0.05) is 18.2 Å². The highest BCUT2D eigenvalue weighted by Crippen LogP contribution is 2.26. The van der Waals surface area contributed by atoms with Crippen molar-refractivity contribution in [3.8, 4) is 0 Å². The third-order valence-corrected chi connectivity index (χ3v) is 2.93. The normalized spacial score (nSPS) is 10.7. The summed E-state index contributed by atoms with van der Waals surface area (Å²) in [6.07, 6.45) is 0. The van der Waals surface area contributed by atoms with Gasteiger partial charge in [0.25, 0.3) is 0 Å². The summed E-state index contributed by atoms with van der Waals surface area (Å²) < 4.78 is 1.38. The van der Waals surface area contributed by atoms with Crippen LogP contribution in [0.25, 0.3) is 10.1 Å². The highest BCUT2D eigenvalue weighted by molar-refractivity contribution is 7.19. The van der Waals surface area contributed by atoms with Gasteiger partial charge in [0.15, 0.2) is 0 Å². The second-order valence-corrected chi connectivity index (χ2v) is 3.96. The lowest BCUT2D eigenvalue weighted by Crippen LogP contribution is -1.68. The van der Waals surface area contributed by atoms with Crippen molar-refractivity contribution < 1.29 is 0 Å². The molecule has 1 radical (unpaired) electrons. The van der Waals surface area contributed by atoms with Gasteiger partial charge in [-0.05, 0) is 19.4 Å². The van der Waals surface area contributed by atoms with Crippen molar-refractivity contribution in [1.82, 2.24) is 0 Å². The Bertz CT molecular complexity index is 385. The summed E-state index contributed by atoms with van der Waals surface area (Å²) in [5, 5.41) is 1.26. The van der Waals surface area contributed by atoms with Crippen LogP contribution in [-0.4, -0.2) is 0 Å². The van der Waals surface area contributed by atoms with Crippen LogP contribution in [0, 0.1) is 19.9 Å². The number of hydrogen-bond acceptors (Lipinski definition) is 1. The van der Waals surface area contributed by atoms with Crippen LogP contribution in [0.2, 0.25) is 0 Å². The molecule has 0 aliphatic rings. The monoisotopic (exact) mass is 161 g/mol. The average molecular weight is 161 g/mol. The maximum atomic E-state index is 3.32. The van der Waals surface area contributed by atoms with Crippen LogP contribution in [0.4, 0.5) is 0 Å². The molecule has 0 saturated heterocycles. The Morgan fingerprint density at radius 2 is 2.09 bits per heavy atom. The van der Waals surface area contributed by atoms with Gasteiger partial charge in [-0.15, -0.1) is 11.3 Å². The van der Waals surface area contributed by atoms with Gasteiger partial charge in [-0.25, -0.2) is 0 Å². The van der Waals surface area contributed by atoms with E-state index in [2.05, 4.69) is 38.1 Å². The molecule has 0 saturated carbocycles. The summed E-state index contributed by atoms with van der Waals surface area (Å²) >= 11 is 1.82. The van der Waals surface area contributed by atoms with Gasteiger partial charge in [0.1, 0.15) is 0 Å². The van der Waals surface area contributed by atoms with Crippen LogP contribution in [0.1, 0.15) is 10.4 Å². The lowest BCUT2D eigenvalue weighted by molar-refractivity contribution is 1.56. The minimum atomic E-state index is 1.26. The lowest BCUT2D eigenvalue weighted by atomic mass is 10.2. The fourth-order valence-corrected chi connectivity index (χ4v) is 2.18. The van der Waals surface area contributed by atoms with Crippen LogP contribution in [-0.2, 0) is 0 Å². The van der Waals surface area contributed by atoms with E-state index in [0.29, 0.717) is 0 Å². The fraction of sp³-hybridized carbons (Fsp3) is 0.200. The first-order valence-electron chi connectivity index (χ1n) is 3.65. The molecule has 0 N–H and O–H groups in total. The molecule has 0 unspecified atom stereocenters. The number of aryl methyl sites for hydroxylation is 2. The van der Waals surface area contributed by atoms with E-state index in [-0.39, 0.29) is 0 Å². The number of rotatable bonds is 0. The van der Waals surface area contributed by atoms with Crippen molar-refractivity contribution in [2.75, 3.05) is 0 Å². The molecule has 2 aromatic rings. The molecule has 0 aliphatic heterocycles. The fourth-order valence-electron chi connectivity index (χ4n) is 1.25. The van der Waals surface area contributed by atoms with Gasteiger partial charge in [0.2, 0.25) is 0 Å². The zero-order valence-corrected chi connectivity index (χ0v) is 7.46. The lowest BCUT2D eigenvalue weighted by Gasteiger charge is -1.91. The number of benzene rings is 1. The smallest absolute Gasteiger partial charge is 0.0381 e. The third-order valence-electron chi connectivity index (χ3n) is 1.78. The van der Waals surface area contributed by atoms with Crippen molar-refractivity contribution in [1.29, 1.82) is 0 Å². The Kier molecular flexibility index (Phi) is 1.46. The van der Waals surface area contributed by atoms with Crippen LogP contribution in [0.3, 0.4) is 0 Å². The molecule has 0 amide bonds. The standard InChI is InChI=1S/C10H9S/c1-7-4-3-5-9-6-8(2)11-10(7)9/h3-5H,1-2H3. The molecule has 0 bridgehead atoms. The Labute approximate surface area is 70.5 Å². The van der Waals surface area contributed by atoms with Crippen LogP contribution in [0.5, 0.6) is 0 Å². The topological polar surface area (TPSA) is 0 Å². The van der Waals surface area contributed by atoms with E-state index in [1.807, 2.05) is 11.3 Å². The van der Waals surface area contributed by atoms with Gasteiger partial charge in [0.05, 0.1) is 0 Å². The van der Waals surface area contributed by atoms with Crippen LogP contribution in [0.15, 0.2) is 18.2 Å². The molecular formula is C10H9S. The van der Waals surface area contributed by atoms with Crippen LogP contribution >= 0.6 is 11.3 Å². The van der Waals surface area contributed by atoms with Crippen molar-refractivity contribution in [3.63, 3.8) is 0 Å². The molecule has 11 heavy (non-hydrogen) atoms. The highest BCUT2D eigenvalue weighted by atomic mass is 32.1. The second-order valence-electron chi connectivity index (χ2n) is 2.73. The van der Waals surface area contributed by atoms with E-state index in [1.165, 1.54) is 20.5 Å². The van der Waals surface area contributed by atoms with Crippen LogP contribution < -0.4 is 0 Å². The van der Waals surface area contributed by atoms with Crippen molar-refractivity contribution in [3.05, 3.63) is 34.7 Å². The summed E-state index contributed by atoms with van der Waals surface area (Å²) in [6, 6.07) is 9.66. The van der Waals surface area contributed by atoms with Crippen molar-refractivity contribution in [2.24, 2.45) is 0 Å². The maximum absolute atomic E-state index is 3.32. The summed E-state index contributed by atoms with van der Waals surface area (Å²) in [4.78, 5) is 1.27.